The average Bonchev–Trinajstić information content (AvgIpc) is 2.54. The molecule has 25 heavy (non-hydrogen) atoms. The van der Waals surface area contributed by atoms with E-state index in [1.165, 1.54) is 0 Å². The number of hydrogen-bond donors (Lipinski definition) is 3. The molecule has 0 saturated heterocycles. The monoisotopic (exact) mass is 341 g/mol. The number of nitrogens with one attached hydrogen (secondary N) is 3. The van der Waals surface area contributed by atoms with Crippen LogP contribution in [0.4, 0.5) is 16.2 Å². The molecule has 0 radical (unpaired) electrons. The van der Waals surface area contributed by atoms with E-state index in [1.807, 2.05) is 45.0 Å². The van der Waals surface area contributed by atoms with Gasteiger partial charge < -0.3 is 20.7 Å². The average molecular weight is 341 g/mol. The first-order valence-corrected chi connectivity index (χ1v) is 8.09. The predicted molar refractivity (Wildman–Crippen MR) is 99.0 cm³/mol. The van der Waals surface area contributed by atoms with Crippen LogP contribution < -0.4 is 20.7 Å². The van der Waals surface area contributed by atoms with Crippen LogP contribution in [0, 0.1) is 6.92 Å². The topological polar surface area (TPSA) is 79.5 Å². The van der Waals surface area contributed by atoms with Crippen molar-refractivity contribution >= 4 is 23.3 Å². The van der Waals surface area contributed by atoms with Crippen molar-refractivity contribution in [2.45, 2.75) is 26.8 Å². The molecule has 0 aromatic heterocycles. The van der Waals surface area contributed by atoms with Crippen molar-refractivity contribution in [2.75, 3.05) is 17.2 Å². The van der Waals surface area contributed by atoms with E-state index in [-0.39, 0.29) is 24.6 Å². The summed E-state index contributed by atoms with van der Waals surface area (Å²) in [6.45, 7) is 5.66. The first-order valence-electron chi connectivity index (χ1n) is 8.09. The summed E-state index contributed by atoms with van der Waals surface area (Å²) in [5.41, 5.74) is 2.35. The van der Waals surface area contributed by atoms with Gasteiger partial charge in [-0.15, -0.1) is 0 Å². The van der Waals surface area contributed by atoms with Crippen LogP contribution in [-0.2, 0) is 4.79 Å². The Morgan fingerprint density at radius 2 is 1.64 bits per heavy atom. The smallest absolute Gasteiger partial charge is 0.319 e. The molecule has 3 N–H and O–H groups in total. The maximum absolute atomic E-state index is 11.9. The number of amides is 3. The minimum Gasteiger partial charge on any atom is -0.484 e. The number of aryl methyl sites for hydroxylation is 1. The molecule has 132 valence electrons. The Balaban J connectivity index is 1.82. The first-order chi connectivity index (χ1) is 11.9. The molecule has 3 amide bonds. The van der Waals surface area contributed by atoms with Crippen molar-refractivity contribution in [3.8, 4) is 5.75 Å². The summed E-state index contributed by atoms with van der Waals surface area (Å²) < 4.78 is 5.46. The largest absolute Gasteiger partial charge is 0.484 e. The van der Waals surface area contributed by atoms with Gasteiger partial charge in [0, 0.05) is 17.4 Å². The zero-order valence-corrected chi connectivity index (χ0v) is 14.6. The Labute approximate surface area is 147 Å². The number of rotatable bonds is 6. The van der Waals surface area contributed by atoms with Gasteiger partial charge in [0.2, 0.25) is 0 Å². The van der Waals surface area contributed by atoms with Crippen LogP contribution in [0.1, 0.15) is 19.4 Å². The third kappa shape index (κ3) is 6.55. The minimum atomic E-state index is -0.265. The molecule has 2 rings (SSSR count). The quantitative estimate of drug-likeness (QED) is 0.752. The Hall–Kier alpha value is -3.02. The van der Waals surface area contributed by atoms with Crippen LogP contribution in [0.5, 0.6) is 5.75 Å². The highest BCUT2D eigenvalue weighted by Crippen LogP contribution is 2.15. The molecule has 0 saturated carbocycles. The second kappa shape index (κ2) is 8.73. The molecule has 6 heteroatoms. The maximum Gasteiger partial charge on any atom is 0.319 e. The zero-order chi connectivity index (χ0) is 18.2. The Morgan fingerprint density at radius 3 is 2.24 bits per heavy atom. The van der Waals surface area contributed by atoms with Gasteiger partial charge >= 0.3 is 6.03 Å². The molecule has 0 aliphatic carbocycles. The van der Waals surface area contributed by atoms with Gasteiger partial charge in [-0.2, -0.15) is 0 Å². The van der Waals surface area contributed by atoms with Gasteiger partial charge in [-0.05, 0) is 62.7 Å². The van der Waals surface area contributed by atoms with E-state index in [0.29, 0.717) is 17.1 Å². The van der Waals surface area contributed by atoms with Crippen LogP contribution in [0.25, 0.3) is 0 Å². The normalized spacial score (nSPS) is 10.2. The molecule has 0 aliphatic rings. The molecule has 6 nitrogen and oxygen atoms in total. The minimum absolute atomic E-state index is 0.0620. The van der Waals surface area contributed by atoms with Crippen molar-refractivity contribution in [2.24, 2.45) is 0 Å². The molecular formula is C19H23N3O3. The fraction of sp³-hybridized carbons (Fsp3) is 0.263. The van der Waals surface area contributed by atoms with Crippen molar-refractivity contribution in [1.82, 2.24) is 5.32 Å². The number of anilines is 2. The lowest BCUT2D eigenvalue weighted by Crippen LogP contribution is -2.34. The molecule has 0 aliphatic heterocycles. The van der Waals surface area contributed by atoms with E-state index in [4.69, 9.17) is 4.74 Å². The van der Waals surface area contributed by atoms with Crippen molar-refractivity contribution in [3.05, 3.63) is 54.1 Å². The Morgan fingerprint density at radius 1 is 1.00 bits per heavy atom. The molecule has 0 atom stereocenters. The lowest BCUT2D eigenvalue weighted by molar-refractivity contribution is -0.118. The number of carbonyl (C=O) groups excluding carboxylic acids is 2. The number of benzene rings is 2. The lowest BCUT2D eigenvalue weighted by Gasteiger charge is -2.11. The fourth-order valence-electron chi connectivity index (χ4n) is 2.12. The lowest BCUT2D eigenvalue weighted by atomic mass is 10.2. The number of hydrogen-bond acceptors (Lipinski definition) is 3. The second-order valence-electron chi connectivity index (χ2n) is 5.98. The number of ether oxygens (including phenoxy) is 1. The molecule has 0 fully saturated rings. The molecule has 0 heterocycles. The van der Waals surface area contributed by atoms with E-state index in [2.05, 4.69) is 16.0 Å². The van der Waals surface area contributed by atoms with Crippen molar-refractivity contribution < 1.29 is 14.3 Å². The fourth-order valence-corrected chi connectivity index (χ4v) is 2.12. The summed E-state index contributed by atoms with van der Waals surface area (Å²) in [5.74, 6) is 0.408. The number of urea groups is 1. The van der Waals surface area contributed by atoms with Crippen LogP contribution in [0.3, 0.4) is 0 Å². The highest BCUT2D eigenvalue weighted by molar-refractivity contribution is 5.93. The highest BCUT2D eigenvalue weighted by atomic mass is 16.5. The molecule has 0 spiro atoms. The van der Waals surface area contributed by atoms with Gasteiger partial charge in [0.1, 0.15) is 5.75 Å². The summed E-state index contributed by atoms with van der Waals surface area (Å²) in [6.07, 6.45) is 0. The molecule has 2 aromatic carbocycles. The van der Waals surface area contributed by atoms with Gasteiger partial charge in [0.15, 0.2) is 6.61 Å². The summed E-state index contributed by atoms with van der Waals surface area (Å²) in [5, 5.41) is 8.20. The van der Waals surface area contributed by atoms with Gasteiger partial charge in [-0.1, -0.05) is 12.1 Å². The third-order valence-electron chi connectivity index (χ3n) is 3.21. The summed E-state index contributed by atoms with van der Waals surface area (Å²) in [6, 6.07) is 14.2. The van der Waals surface area contributed by atoms with E-state index in [0.717, 1.165) is 5.56 Å². The van der Waals surface area contributed by atoms with Gasteiger partial charge in [-0.25, -0.2) is 4.79 Å². The van der Waals surface area contributed by atoms with E-state index in [9.17, 15) is 9.59 Å². The molecule has 0 bridgehead atoms. The van der Waals surface area contributed by atoms with Gasteiger partial charge in [0.05, 0.1) is 0 Å². The zero-order valence-electron chi connectivity index (χ0n) is 14.6. The van der Waals surface area contributed by atoms with Crippen LogP contribution >= 0.6 is 0 Å². The second-order valence-corrected chi connectivity index (χ2v) is 5.98. The molecule has 0 unspecified atom stereocenters. The van der Waals surface area contributed by atoms with Crippen LogP contribution in [-0.4, -0.2) is 24.6 Å². The van der Waals surface area contributed by atoms with Gasteiger partial charge in [0.25, 0.3) is 5.91 Å². The standard InChI is InChI=1S/C19H23N3O3/c1-13(2)20-19(24)22-16-9-7-15(8-10-16)21-18(23)12-25-17-6-4-5-14(3)11-17/h4-11,13H,12H2,1-3H3,(H,21,23)(H2,20,22,24). The van der Waals surface area contributed by atoms with E-state index >= 15 is 0 Å². The first kappa shape index (κ1) is 18.3. The summed E-state index contributed by atoms with van der Waals surface area (Å²) >= 11 is 0. The van der Waals surface area contributed by atoms with Gasteiger partial charge in [-0.3, -0.25) is 4.79 Å². The Kier molecular flexibility index (Phi) is 6.39. The summed E-state index contributed by atoms with van der Waals surface area (Å²) in [4.78, 5) is 23.6. The summed E-state index contributed by atoms with van der Waals surface area (Å²) in [7, 11) is 0. The van der Waals surface area contributed by atoms with Crippen LogP contribution in [0.15, 0.2) is 48.5 Å². The maximum atomic E-state index is 11.9. The highest BCUT2D eigenvalue weighted by Gasteiger charge is 2.06. The SMILES string of the molecule is Cc1cccc(OCC(=O)Nc2ccc(NC(=O)NC(C)C)cc2)c1. The number of carbonyl (C=O) groups is 2. The third-order valence-corrected chi connectivity index (χ3v) is 3.21. The Bertz CT molecular complexity index is 727. The van der Waals surface area contributed by atoms with Crippen molar-refractivity contribution in [3.63, 3.8) is 0 Å². The van der Waals surface area contributed by atoms with Crippen molar-refractivity contribution in [1.29, 1.82) is 0 Å². The van der Waals surface area contributed by atoms with E-state index < -0.39 is 0 Å². The van der Waals surface area contributed by atoms with Crippen LogP contribution in [0.2, 0.25) is 0 Å². The molecular weight excluding hydrogens is 318 g/mol. The van der Waals surface area contributed by atoms with E-state index in [1.54, 1.807) is 24.3 Å². The molecule has 2 aromatic rings. The predicted octanol–water partition coefficient (Wildman–Crippen LogP) is 3.54.